The molecule has 0 aliphatic carbocycles. The molecule has 2 heteroatoms. The van der Waals surface area contributed by atoms with Crippen LogP contribution in [0.3, 0.4) is 0 Å². The van der Waals surface area contributed by atoms with Gasteiger partial charge in [0.1, 0.15) is 0 Å². The summed E-state index contributed by atoms with van der Waals surface area (Å²) in [5, 5.41) is 8.80. The van der Waals surface area contributed by atoms with Crippen LogP contribution in [0.2, 0.25) is 0 Å². The van der Waals surface area contributed by atoms with Gasteiger partial charge >= 0.3 is 0 Å². The van der Waals surface area contributed by atoms with Crippen LogP contribution in [0.25, 0.3) is 0 Å². The molecule has 1 nitrogen and oxygen atoms in total. The van der Waals surface area contributed by atoms with Gasteiger partial charge < -0.3 is 5.11 Å². The molecule has 0 radical (unpaired) electrons. The highest BCUT2D eigenvalue weighted by Crippen LogP contribution is 2.19. The van der Waals surface area contributed by atoms with E-state index in [4.69, 9.17) is 5.11 Å². The topological polar surface area (TPSA) is 20.2 Å². The molecule has 0 bridgehead atoms. The summed E-state index contributed by atoms with van der Waals surface area (Å²) in [5.74, 6) is 1.37. The first-order valence-electron chi connectivity index (χ1n) is 4.11. The summed E-state index contributed by atoms with van der Waals surface area (Å²) in [7, 11) is 0. The molecule has 0 aliphatic rings. The normalized spacial score (nSPS) is 12.8. The van der Waals surface area contributed by atoms with E-state index in [1.807, 2.05) is 18.2 Å². The van der Waals surface area contributed by atoms with E-state index in [0.717, 1.165) is 5.75 Å². The number of benzene rings is 1. The Labute approximate surface area is 77.8 Å². The molecule has 0 aliphatic heterocycles. The minimum absolute atomic E-state index is 0.278. The van der Waals surface area contributed by atoms with Gasteiger partial charge in [0.05, 0.1) is 0 Å². The summed E-state index contributed by atoms with van der Waals surface area (Å²) in [6.45, 7) is 2.33. The first-order valence-corrected chi connectivity index (χ1v) is 5.10. The summed E-state index contributed by atoms with van der Waals surface area (Å²) >= 11 is 1.79. The fourth-order valence-corrected chi connectivity index (χ4v) is 1.74. The Balaban J connectivity index is 2.33. The van der Waals surface area contributed by atoms with Crippen molar-refractivity contribution in [3.63, 3.8) is 0 Å². The maximum absolute atomic E-state index is 8.80. The highest BCUT2D eigenvalue weighted by molar-refractivity contribution is 7.99. The summed E-state index contributed by atoms with van der Waals surface area (Å²) in [4.78, 5) is 1.28. The molecule has 1 aromatic carbocycles. The van der Waals surface area contributed by atoms with Crippen molar-refractivity contribution in [2.45, 2.75) is 11.8 Å². The minimum atomic E-state index is 0.278. The van der Waals surface area contributed by atoms with Gasteiger partial charge in [-0.15, -0.1) is 11.8 Å². The average Bonchev–Trinajstić information content (AvgIpc) is 2.16. The molecule has 1 rings (SSSR count). The molecule has 0 fully saturated rings. The minimum Gasteiger partial charge on any atom is -0.396 e. The maximum atomic E-state index is 8.80. The molecule has 1 atom stereocenters. The van der Waals surface area contributed by atoms with E-state index in [-0.39, 0.29) is 6.61 Å². The van der Waals surface area contributed by atoms with Crippen molar-refractivity contribution in [3.05, 3.63) is 30.3 Å². The summed E-state index contributed by atoms with van der Waals surface area (Å²) < 4.78 is 0. The van der Waals surface area contributed by atoms with Crippen molar-refractivity contribution >= 4 is 11.8 Å². The lowest BCUT2D eigenvalue weighted by Gasteiger charge is -2.06. The highest BCUT2D eigenvalue weighted by Gasteiger charge is 1.99. The van der Waals surface area contributed by atoms with Crippen molar-refractivity contribution < 1.29 is 5.11 Å². The Morgan fingerprint density at radius 1 is 1.33 bits per heavy atom. The maximum Gasteiger partial charge on any atom is 0.0464 e. The Morgan fingerprint density at radius 2 is 2.00 bits per heavy atom. The Morgan fingerprint density at radius 3 is 2.58 bits per heavy atom. The lowest BCUT2D eigenvalue weighted by Crippen LogP contribution is -2.02. The van der Waals surface area contributed by atoms with Crippen LogP contribution >= 0.6 is 11.8 Å². The Kier molecular flexibility index (Phi) is 4.19. The van der Waals surface area contributed by atoms with Crippen LogP contribution in [0.4, 0.5) is 0 Å². The van der Waals surface area contributed by atoms with Gasteiger partial charge in [0.25, 0.3) is 0 Å². The molecule has 1 aromatic rings. The van der Waals surface area contributed by atoms with Gasteiger partial charge in [-0.25, -0.2) is 0 Å². The number of rotatable bonds is 4. The lowest BCUT2D eigenvalue weighted by molar-refractivity contribution is 0.250. The zero-order valence-electron chi connectivity index (χ0n) is 7.23. The predicted molar refractivity (Wildman–Crippen MR) is 53.4 cm³/mol. The molecule has 0 saturated heterocycles. The number of hydrogen-bond donors (Lipinski definition) is 1. The summed E-state index contributed by atoms with van der Waals surface area (Å²) in [5.41, 5.74) is 0. The first-order chi connectivity index (χ1) is 5.83. The van der Waals surface area contributed by atoms with E-state index in [0.29, 0.717) is 5.92 Å². The van der Waals surface area contributed by atoms with E-state index in [9.17, 15) is 0 Å². The van der Waals surface area contributed by atoms with E-state index < -0.39 is 0 Å². The van der Waals surface area contributed by atoms with Crippen molar-refractivity contribution in [3.8, 4) is 0 Å². The molecule has 0 heterocycles. The molecule has 0 amide bonds. The van der Waals surface area contributed by atoms with Gasteiger partial charge in [0, 0.05) is 17.3 Å². The van der Waals surface area contributed by atoms with Gasteiger partial charge in [-0.2, -0.15) is 0 Å². The molecule has 66 valence electrons. The molecule has 0 unspecified atom stereocenters. The fourth-order valence-electron chi connectivity index (χ4n) is 0.808. The van der Waals surface area contributed by atoms with Crippen LogP contribution in [0.15, 0.2) is 35.2 Å². The largest absolute Gasteiger partial charge is 0.396 e. The summed E-state index contributed by atoms with van der Waals surface area (Å²) in [6, 6.07) is 10.3. The second kappa shape index (κ2) is 5.22. The first kappa shape index (κ1) is 9.62. The molecule has 0 spiro atoms. The van der Waals surface area contributed by atoms with E-state index in [1.165, 1.54) is 4.90 Å². The van der Waals surface area contributed by atoms with Crippen LogP contribution < -0.4 is 0 Å². The number of aliphatic hydroxyl groups excluding tert-OH is 1. The van der Waals surface area contributed by atoms with Crippen LogP contribution in [-0.2, 0) is 0 Å². The van der Waals surface area contributed by atoms with Gasteiger partial charge in [-0.3, -0.25) is 0 Å². The predicted octanol–water partition coefficient (Wildman–Crippen LogP) is 2.41. The van der Waals surface area contributed by atoms with E-state index >= 15 is 0 Å². The number of hydrogen-bond acceptors (Lipinski definition) is 2. The van der Waals surface area contributed by atoms with Crippen molar-refractivity contribution in [2.24, 2.45) is 5.92 Å². The average molecular weight is 182 g/mol. The third-order valence-electron chi connectivity index (χ3n) is 1.59. The fraction of sp³-hybridized carbons (Fsp3) is 0.400. The monoisotopic (exact) mass is 182 g/mol. The molecule has 1 N–H and O–H groups in total. The van der Waals surface area contributed by atoms with Gasteiger partial charge in [-0.1, -0.05) is 25.1 Å². The van der Waals surface area contributed by atoms with Gasteiger partial charge in [0.15, 0.2) is 0 Å². The van der Waals surface area contributed by atoms with Crippen molar-refractivity contribution in [1.82, 2.24) is 0 Å². The number of aliphatic hydroxyl groups is 1. The molecule has 0 saturated carbocycles. The zero-order chi connectivity index (χ0) is 8.81. The molecule has 12 heavy (non-hydrogen) atoms. The van der Waals surface area contributed by atoms with Crippen molar-refractivity contribution in [2.75, 3.05) is 12.4 Å². The quantitative estimate of drug-likeness (QED) is 0.722. The zero-order valence-corrected chi connectivity index (χ0v) is 8.05. The van der Waals surface area contributed by atoms with Gasteiger partial charge in [0.2, 0.25) is 0 Å². The Bertz CT molecular complexity index is 210. The van der Waals surface area contributed by atoms with Crippen LogP contribution in [0.1, 0.15) is 6.92 Å². The van der Waals surface area contributed by atoms with Crippen molar-refractivity contribution in [1.29, 1.82) is 0 Å². The van der Waals surface area contributed by atoms with Gasteiger partial charge in [-0.05, 0) is 18.1 Å². The molecular weight excluding hydrogens is 168 g/mol. The second-order valence-electron chi connectivity index (χ2n) is 2.91. The number of thioether (sulfide) groups is 1. The highest BCUT2D eigenvalue weighted by atomic mass is 32.2. The summed E-state index contributed by atoms with van der Waals surface area (Å²) in [6.07, 6.45) is 0. The van der Waals surface area contributed by atoms with E-state index in [1.54, 1.807) is 11.8 Å². The van der Waals surface area contributed by atoms with Crippen LogP contribution in [0, 0.1) is 5.92 Å². The molecule has 0 aromatic heterocycles. The SMILES string of the molecule is C[C@@H](CO)CSc1ccccc1. The second-order valence-corrected chi connectivity index (χ2v) is 4.01. The van der Waals surface area contributed by atoms with E-state index in [2.05, 4.69) is 19.1 Å². The smallest absolute Gasteiger partial charge is 0.0464 e. The third kappa shape index (κ3) is 3.28. The molecular formula is C10H14OS. The lowest BCUT2D eigenvalue weighted by atomic mass is 10.2. The standard InChI is InChI=1S/C10H14OS/c1-9(7-11)8-12-10-5-3-2-4-6-10/h2-6,9,11H,7-8H2,1H3/t9-/m0/s1. The van der Waals surface area contributed by atoms with Crippen LogP contribution in [0.5, 0.6) is 0 Å². The van der Waals surface area contributed by atoms with Crippen LogP contribution in [-0.4, -0.2) is 17.5 Å². The third-order valence-corrected chi connectivity index (χ3v) is 2.93. The Hall–Kier alpha value is -0.470.